The van der Waals surface area contributed by atoms with Crippen molar-refractivity contribution in [2.75, 3.05) is 6.54 Å². The molecule has 0 aliphatic rings. The van der Waals surface area contributed by atoms with Crippen LogP contribution in [-0.2, 0) is 6.42 Å². The molecule has 4 heteroatoms. The third-order valence-corrected chi connectivity index (χ3v) is 3.47. The van der Waals surface area contributed by atoms with Crippen LogP contribution in [0.4, 0.5) is 4.39 Å². The Kier molecular flexibility index (Phi) is 3.51. The zero-order valence-electron chi connectivity index (χ0n) is 9.46. The molecule has 0 spiro atoms. The van der Waals surface area contributed by atoms with Crippen LogP contribution in [0.5, 0.6) is 0 Å². The van der Waals surface area contributed by atoms with Gasteiger partial charge in [-0.25, -0.2) is 9.37 Å². The maximum Gasteiger partial charge on any atom is 0.124 e. The minimum atomic E-state index is -0.192. The highest BCUT2D eigenvalue weighted by atomic mass is 32.1. The summed E-state index contributed by atoms with van der Waals surface area (Å²) in [6, 6.07) is 5.16. The van der Waals surface area contributed by atoms with Gasteiger partial charge in [0.2, 0.25) is 0 Å². The molecule has 1 aromatic carbocycles. The van der Waals surface area contributed by atoms with Gasteiger partial charge < -0.3 is 5.32 Å². The fourth-order valence-electron chi connectivity index (χ4n) is 1.72. The lowest BCUT2D eigenvalue weighted by Crippen LogP contribution is -2.27. The van der Waals surface area contributed by atoms with Gasteiger partial charge in [0.25, 0.3) is 0 Å². The molecule has 0 amide bonds. The van der Waals surface area contributed by atoms with Crippen LogP contribution in [0.2, 0.25) is 0 Å². The molecule has 0 bridgehead atoms. The second-order valence-corrected chi connectivity index (χ2v) is 5.00. The second-order valence-electron chi connectivity index (χ2n) is 3.88. The molecule has 0 radical (unpaired) electrons. The Bertz CT molecular complexity index is 481. The number of nitrogens with zero attached hydrogens (tertiary/aromatic N) is 1. The number of hydrogen-bond donors (Lipinski definition) is 1. The molecular formula is C12H15FN2S. The number of aromatic nitrogens is 1. The molecule has 0 aliphatic carbocycles. The zero-order chi connectivity index (χ0) is 11.5. The summed E-state index contributed by atoms with van der Waals surface area (Å²) in [7, 11) is 0. The zero-order valence-corrected chi connectivity index (χ0v) is 10.3. The fourth-order valence-corrected chi connectivity index (χ4v) is 2.84. The summed E-state index contributed by atoms with van der Waals surface area (Å²) in [5.74, 6) is -0.192. The summed E-state index contributed by atoms with van der Waals surface area (Å²) in [5.41, 5.74) is 0.894. The van der Waals surface area contributed by atoms with Crippen molar-refractivity contribution in [2.24, 2.45) is 0 Å². The number of fused-ring (bicyclic) bond motifs is 1. The topological polar surface area (TPSA) is 24.9 Å². The van der Waals surface area contributed by atoms with Crippen molar-refractivity contribution in [2.45, 2.75) is 26.3 Å². The Labute approximate surface area is 98.5 Å². The first-order valence-electron chi connectivity index (χ1n) is 5.47. The van der Waals surface area contributed by atoms with Gasteiger partial charge in [-0.15, -0.1) is 11.3 Å². The van der Waals surface area contributed by atoms with Gasteiger partial charge in [-0.2, -0.15) is 0 Å². The first-order chi connectivity index (χ1) is 7.69. The molecule has 0 aliphatic heterocycles. The normalized spacial score (nSPS) is 13.2. The second kappa shape index (κ2) is 4.89. The first kappa shape index (κ1) is 11.5. The van der Waals surface area contributed by atoms with Crippen molar-refractivity contribution in [3.05, 3.63) is 29.0 Å². The van der Waals surface area contributed by atoms with Crippen LogP contribution in [-0.4, -0.2) is 17.6 Å². The van der Waals surface area contributed by atoms with Crippen LogP contribution >= 0.6 is 11.3 Å². The van der Waals surface area contributed by atoms with E-state index in [9.17, 15) is 4.39 Å². The highest BCUT2D eigenvalue weighted by molar-refractivity contribution is 7.18. The summed E-state index contributed by atoms with van der Waals surface area (Å²) >= 11 is 1.57. The monoisotopic (exact) mass is 238 g/mol. The van der Waals surface area contributed by atoms with E-state index in [1.54, 1.807) is 23.5 Å². The van der Waals surface area contributed by atoms with Gasteiger partial charge in [-0.1, -0.05) is 6.92 Å². The van der Waals surface area contributed by atoms with Gasteiger partial charge in [0.1, 0.15) is 5.82 Å². The van der Waals surface area contributed by atoms with E-state index >= 15 is 0 Å². The Morgan fingerprint density at radius 3 is 3.06 bits per heavy atom. The van der Waals surface area contributed by atoms with Crippen LogP contribution in [0.25, 0.3) is 10.2 Å². The summed E-state index contributed by atoms with van der Waals surface area (Å²) in [4.78, 5) is 4.49. The SMILES string of the molecule is CCNC(C)Cc1nc2ccc(F)cc2s1. The van der Waals surface area contributed by atoms with E-state index in [-0.39, 0.29) is 5.82 Å². The minimum Gasteiger partial charge on any atom is -0.314 e. The number of rotatable bonds is 4. The van der Waals surface area contributed by atoms with E-state index in [1.165, 1.54) is 6.07 Å². The van der Waals surface area contributed by atoms with E-state index < -0.39 is 0 Å². The van der Waals surface area contributed by atoms with Crippen LogP contribution in [0, 0.1) is 5.82 Å². The third-order valence-electron chi connectivity index (χ3n) is 2.43. The van der Waals surface area contributed by atoms with E-state index in [4.69, 9.17) is 0 Å². The average molecular weight is 238 g/mol. The van der Waals surface area contributed by atoms with Crippen LogP contribution in [0.1, 0.15) is 18.9 Å². The van der Waals surface area contributed by atoms with Gasteiger partial charge in [-0.05, 0) is 31.7 Å². The summed E-state index contributed by atoms with van der Waals surface area (Å²) in [6.45, 7) is 5.18. The average Bonchev–Trinajstić information content (AvgIpc) is 2.59. The van der Waals surface area contributed by atoms with Crippen molar-refractivity contribution < 1.29 is 4.39 Å². The van der Waals surface area contributed by atoms with Crippen molar-refractivity contribution in [1.29, 1.82) is 0 Å². The standard InChI is InChI=1S/C12H15FN2S/c1-3-14-8(2)6-12-15-10-5-4-9(13)7-11(10)16-12/h4-5,7-8,14H,3,6H2,1-2H3. The van der Waals surface area contributed by atoms with Gasteiger partial charge in [0.15, 0.2) is 0 Å². The van der Waals surface area contributed by atoms with E-state index in [2.05, 4.69) is 24.1 Å². The Morgan fingerprint density at radius 2 is 2.31 bits per heavy atom. The number of nitrogens with one attached hydrogen (secondary N) is 1. The molecule has 2 aromatic rings. The maximum absolute atomic E-state index is 13.0. The molecule has 2 nitrogen and oxygen atoms in total. The van der Waals surface area contributed by atoms with Gasteiger partial charge in [0.05, 0.1) is 15.2 Å². The van der Waals surface area contributed by atoms with Gasteiger partial charge in [0, 0.05) is 12.5 Å². The predicted molar refractivity (Wildman–Crippen MR) is 66.4 cm³/mol. The lowest BCUT2D eigenvalue weighted by molar-refractivity contribution is 0.564. The molecule has 1 heterocycles. The fraction of sp³-hybridized carbons (Fsp3) is 0.417. The molecule has 1 N–H and O–H groups in total. The van der Waals surface area contributed by atoms with Crippen LogP contribution in [0.15, 0.2) is 18.2 Å². The highest BCUT2D eigenvalue weighted by Crippen LogP contribution is 2.23. The molecule has 1 unspecified atom stereocenters. The molecular weight excluding hydrogens is 223 g/mol. The van der Waals surface area contributed by atoms with Crippen molar-refractivity contribution in [1.82, 2.24) is 10.3 Å². The van der Waals surface area contributed by atoms with E-state index in [0.29, 0.717) is 6.04 Å². The quantitative estimate of drug-likeness (QED) is 0.885. The van der Waals surface area contributed by atoms with Crippen molar-refractivity contribution in [3.63, 3.8) is 0 Å². The molecule has 16 heavy (non-hydrogen) atoms. The lowest BCUT2D eigenvalue weighted by Gasteiger charge is -2.08. The van der Waals surface area contributed by atoms with E-state index in [1.807, 2.05) is 0 Å². The van der Waals surface area contributed by atoms with Crippen LogP contribution in [0.3, 0.4) is 0 Å². The maximum atomic E-state index is 13.0. The summed E-state index contributed by atoms with van der Waals surface area (Å²) < 4.78 is 13.9. The third kappa shape index (κ3) is 2.57. The number of hydrogen-bond acceptors (Lipinski definition) is 3. The Balaban J connectivity index is 2.19. The highest BCUT2D eigenvalue weighted by Gasteiger charge is 2.08. The minimum absolute atomic E-state index is 0.192. The Hall–Kier alpha value is -1.000. The predicted octanol–water partition coefficient (Wildman–Crippen LogP) is 2.98. The molecule has 2 rings (SSSR count). The number of thiazole rings is 1. The largest absolute Gasteiger partial charge is 0.314 e. The Morgan fingerprint density at radius 1 is 1.50 bits per heavy atom. The smallest absolute Gasteiger partial charge is 0.124 e. The number of halogens is 1. The molecule has 0 fully saturated rings. The van der Waals surface area contributed by atoms with Crippen molar-refractivity contribution >= 4 is 21.6 Å². The molecule has 86 valence electrons. The van der Waals surface area contributed by atoms with Crippen LogP contribution < -0.4 is 5.32 Å². The molecule has 1 atom stereocenters. The van der Waals surface area contributed by atoms with Gasteiger partial charge >= 0.3 is 0 Å². The van der Waals surface area contributed by atoms with E-state index in [0.717, 1.165) is 28.2 Å². The summed E-state index contributed by atoms with van der Waals surface area (Å²) in [5, 5.41) is 4.41. The molecule has 0 saturated heterocycles. The summed E-state index contributed by atoms with van der Waals surface area (Å²) in [6.07, 6.45) is 0.898. The number of benzene rings is 1. The van der Waals surface area contributed by atoms with Crippen molar-refractivity contribution in [3.8, 4) is 0 Å². The first-order valence-corrected chi connectivity index (χ1v) is 6.29. The molecule has 0 saturated carbocycles. The molecule has 1 aromatic heterocycles. The lowest BCUT2D eigenvalue weighted by atomic mass is 10.2. The van der Waals surface area contributed by atoms with Gasteiger partial charge in [-0.3, -0.25) is 0 Å². The number of likely N-dealkylation sites (N-methyl/N-ethyl adjacent to an activating group) is 1.